The third-order valence-electron chi connectivity index (χ3n) is 4.46. The summed E-state index contributed by atoms with van der Waals surface area (Å²) in [5.74, 6) is 1.02. The van der Waals surface area contributed by atoms with Crippen LogP contribution in [0.1, 0.15) is 5.69 Å². The van der Waals surface area contributed by atoms with Crippen molar-refractivity contribution in [3.8, 4) is 17.0 Å². The summed E-state index contributed by atoms with van der Waals surface area (Å²) in [7, 11) is 1.60. The standard InChI is InChI=1S/C21H20ClN5O2/c1-28-13-27-20-16(21(23)26-27)11-14(19-17(22)6-4-9-25-19)12-18(20)29-10-7-15-5-2-3-8-24-15/h2-6,8-9,11-12H,7,10,13H2,1H3,(H2,23,26). The molecule has 0 aliphatic carbocycles. The highest BCUT2D eigenvalue weighted by Gasteiger charge is 2.17. The number of ether oxygens (including phenoxy) is 2. The van der Waals surface area contributed by atoms with Gasteiger partial charge in [-0.05, 0) is 36.4 Å². The molecule has 0 spiro atoms. The molecule has 1 aromatic carbocycles. The van der Waals surface area contributed by atoms with Crippen LogP contribution in [0.25, 0.3) is 22.2 Å². The van der Waals surface area contributed by atoms with E-state index in [0.29, 0.717) is 35.3 Å². The van der Waals surface area contributed by atoms with Crippen LogP contribution >= 0.6 is 11.6 Å². The molecular formula is C21H20ClN5O2. The number of hydrogen-bond donors (Lipinski definition) is 1. The van der Waals surface area contributed by atoms with Crippen LogP contribution in [0.5, 0.6) is 5.75 Å². The minimum absolute atomic E-state index is 0.258. The SMILES string of the molecule is COCn1nc(N)c2cc(-c3ncccc3Cl)cc(OCCc3ccccn3)c21. The molecule has 0 amide bonds. The number of hydrogen-bond acceptors (Lipinski definition) is 6. The summed E-state index contributed by atoms with van der Waals surface area (Å²) in [4.78, 5) is 8.74. The second-order valence-corrected chi connectivity index (χ2v) is 6.83. The molecule has 2 N–H and O–H groups in total. The third-order valence-corrected chi connectivity index (χ3v) is 4.77. The summed E-state index contributed by atoms with van der Waals surface area (Å²) >= 11 is 6.36. The van der Waals surface area contributed by atoms with Crippen molar-refractivity contribution in [1.82, 2.24) is 19.7 Å². The number of nitrogen functional groups attached to an aromatic ring is 1. The van der Waals surface area contributed by atoms with Gasteiger partial charge in [0.1, 0.15) is 18.0 Å². The molecule has 0 aliphatic heterocycles. The number of anilines is 1. The molecule has 3 heterocycles. The molecule has 0 unspecified atom stereocenters. The van der Waals surface area contributed by atoms with Gasteiger partial charge in [0.05, 0.1) is 17.3 Å². The molecule has 8 heteroatoms. The smallest absolute Gasteiger partial charge is 0.153 e. The second-order valence-electron chi connectivity index (χ2n) is 6.43. The summed E-state index contributed by atoms with van der Waals surface area (Å²) in [5.41, 5.74) is 9.36. The molecule has 0 aliphatic rings. The van der Waals surface area contributed by atoms with Crippen molar-refractivity contribution in [2.75, 3.05) is 19.5 Å². The van der Waals surface area contributed by atoms with E-state index >= 15 is 0 Å². The topological polar surface area (TPSA) is 88.1 Å². The van der Waals surface area contributed by atoms with Gasteiger partial charge in [-0.3, -0.25) is 9.97 Å². The van der Waals surface area contributed by atoms with E-state index < -0.39 is 0 Å². The van der Waals surface area contributed by atoms with Gasteiger partial charge in [0, 0.05) is 42.6 Å². The van der Waals surface area contributed by atoms with Crippen molar-refractivity contribution in [3.05, 3.63) is 65.6 Å². The number of rotatable bonds is 7. The monoisotopic (exact) mass is 409 g/mol. The van der Waals surface area contributed by atoms with Gasteiger partial charge in [-0.15, -0.1) is 0 Å². The molecule has 0 saturated carbocycles. The zero-order chi connectivity index (χ0) is 20.2. The normalized spacial score (nSPS) is 11.1. The van der Waals surface area contributed by atoms with Crippen LogP contribution in [-0.2, 0) is 17.9 Å². The fraction of sp³-hybridized carbons (Fsp3) is 0.190. The summed E-state index contributed by atoms with van der Waals surface area (Å²) in [6.07, 6.45) is 4.14. The molecule has 4 rings (SSSR count). The predicted octanol–water partition coefficient (Wildman–Crippen LogP) is 3.95. The number of aromatic nitrogens is 4. The molecule has 0 saturated heterocycles. The van der Waals surface area contributed by atoms with E-state index in [1.165, 1.54) is 0 Å². The molecule has 0 radical (unpaired) electrons. The highest BCUT2D eigenvalue weighted by atomic mass is 35.5. The second kappa shape index (κ2) is 8.46. The van der Waals surface area contributed by atoms with Gasteiger partial charge >= 0.3 is 0 Å². The molecule has 0 atom stereocenters. The molecule has 4 aromatic rings. The van der Waals surface area contributed by atoms with Gasteiger partial charge in [-0.1, -0.05) is 17.7 Å². The van der Waals surface area contributed by atoms with Crippen molar-refractivity contribution in [2.24, 2.45) is 0 Å². The number of nitrogens with zero attached hydrogens (tertiary/aromatic N) is 4. The number of halogens is 1. The highest BCUT2D eigenvalue weighted by molar-refractivity contribution is 6.33. The first-order chi connectivity index (χ1) is 14.2. The van der Waals surface area contributed by atoms with E-state index in [2.05, 4.69) is 15.1 Å². The Kier molecular flexibility index (Phi) is 5.59. The fourth-order valence-corrected chi connectivity index (χ4v) is 3.41. The first-order valence-electron chi connectivity index (χ1n) is 9.10. The minimum atomic E-state index is 0.258. The lowest BCUT2D eigenvalue weighted by molar-refractivity contribution is 0.124. The van der Waals surface area contributed by atoms with Gasteiger partial charge in [-0.25, -0.2) is 4.68 Å². The number of fused-ring (bicyclic) bond motifs is 1. The van der Waals surface area contributed by atoms with E-state index in [9.17, 15) is 0 Å². The Balaban J connectivity index is 1.75. The molecule has 29 heavy (non-hydrogen) atoms. The van der Waals surface area contributed by atoms with Crippen LogP contribution in [0.3, 0.4) is 0 Å². The van der Waals surface area contributed by atoms with Gasteiger partial charge in [0.15, 0.2) is 5.82 Å². The summed E-state index contributed by atoms with van der Waals surface area (Å²) < 4.78 is 13.1. The number of nitrogens with two attached hydrogens (primary N) is 1. The lowest BCUT2D eigenvalue weighted by Gasteiger charge is -2.12. The Bertz CT molecular complexity index is 1130. The van der Waals surface area contributed by atoms with Crippen molar-refractivity contribution >= 4 is 28.3 Å². The quantitative estimate of drug-likeness (QED) is 0.497. The Labute approximate surface area is 173 Å². The van der Waals surface area contributed by atoms with E-state index in [1.807, 2.05) is 30.3 Å². The van der Waals surface area contributed by atoms with Crippen molar-refractivity contribution in [3.63, 3.8) is 0 Å². The van der Waals surface area contributed by atoms with E-state index in [0.717, 1.165) is 22.2 Å². The zero-order valence-electron chi connectivity index (χ0n) is 15.9. The van der Waals surface area contributed by atoms with Crippen LogP contribution in [-0.4, -0.2) is 33.5 Å². The number of pyridine rings is 2. The maximum Gasteiger partial charge on any atom is 0.153 e. The number of benzene rings is 1. The first kappa shape index (κ1) is 19.2. The first-order valence-corrected chi connectivity index (χ1v) is 9.47. The molecule has 0 fully saturated rings. The van der Waals surface area contributed by atoms with Crippen LogP contribution in [0.2, 0.25) is 5.02 Å². The summed E-state index contributed by atoms with van der Waals surface area (Å²) in [6.45, 7) is 0.706. The van der Waals surface area contributed by atoms with Crippen LogP contribution in [0.15, 0.2) is 54.9 Å². The minimum Gasteiger partial charge on any atom is -0.491 e. The molecule has 7 nitrogen and oxygen atoms in total. The molecule has 0 bridgehead atoms. The zero-order valence-corrected chi connectivity index (χ0v) is 16.6. The van der Waals surface area contributed by atoms with Crippen LogP contribution in [0.4, 0.5) is 5.82 Å². The number of methoxy groups -OCH3 is 1. The van der Waals surface area contributed by atoms with Gasteiger partial charge in [-0.2, -0.15) is 5.10 Å². The average Bonchev–Trinajstić information content (AvgIpc) is 3.05. The third kappa shape index (κ3) is 4.01. The van der Waals surface area contributed by atoms with E-state index in [1.54, 1.807) is 36.3 Å². The fourth-order valence-electron chi connectivity index (χ4n) is 3.18. The van der Waals surface area contributed by atoms with Crippen LogP contribution < -0.4 is 10.5 Å². The maximum atomic E-state index is 6.36. The Hall–Kier alpha value is -3.16. The van der Waals surface area contributed by atoms with Crippen molar-refractivity contribution < 1.29 is 9.47 Å². The van der Waals surface area contributed by atoms with E-state index in [-0.39, 0.29) is 6.73 Å². The van der Waals surface area contributed by atoms with Crippen LogP contribution in [0, 0.1) is 0 Å². The van der Waals surface area contributed by atoms with Crippen molar-refractivity contribution in [2.45, 2.75) is 13.2 Å². The highest BCUT2D eigenvalue weighted by Crippen LogP contribution is 2.36. The summed E-state index contributed by atoms with van der Waals surface area (Å²) in [5, 5.41) is 5.70. The largest absolute Gasteiger partial charge is 0.491 e. The molecule has 3 aromatic heterocycles. The van der Waals surface area contributed by atoms with E-state index in [4.69, 9.17) is 26.8 Å². The average molecular weight is 410 g/mol. The maximum absolute atomic E-state index is 6.36. The Morgan fingerprint density at radius 1 is 1.10 bits per heavy atom. The summed E-state index contributed by atoms with van der Waals surface area (Å²) in [6, 6.07) is 13.2. The van der Waals surface area contributed by atoms with Crippen molar-refractivity contribution in [1.29, 1.82) is 0 Å². The Morgan fingerprint density at radius 2 is 1.97 bits per heavy atom. The van der Waals surface area contributed by atoms with Gasteiger partial charge < -0.3 is 15.2 Å². The molecular weight excluding hydrogens is 390 g/mol. The lowest BCUT2D eigenvalue weighted by Crippen LogP contribution is -2.06. The lowest BCUT2D eigenvalue weighted by atomic mass is 10.1. The van der Waals surface area contributed by atoms with Gasteiger partial charge in [0.25, 0.3) is 0 Å². The predicted molar refractivity (Wildman–Crippen MR) is 113 cm³/mol. The molecule has 148 valence electrons. The van der Waals surface area contributed by atoms with Gasteiger partial charge in [0.2, 0.25) is 0 Å². The Morgan fingerprint density at radius 3 is 2.72 bits per heavy atom.